The van der Waals surface area contributed by atoms with E-state index in [1.165, 1.54) is 57.4 Å². The van der Waals surface area contributed by atoms with Gasteiger partial charge in [-0.2, -0.15) is 0 Å². The minimum atomic E-state index is -6.00. The molecule has 0 radical (unpaired) electrons. The van der Waals surface area contributed by atoms with Crippen LogP contribution in [0, 0.1) is 0 Å². The zero-order valence-electron chi connectivity index (χ0n) is 38.0. The molecule has 6 rings (SSSR count). The van der Waals surface area contributed by atoms with Gasteiger partial charge in [-0.25, -0.2) is 0 Å². The quantitative estimate of drug-likeness (QED) is 0.0664. The summed E-state index contributed by atoms with van der Waals surface area (Å²) in [6.07, 6.45) is 3.66. The molecule has 0 aromatic heterocycles. The van der Waals surface area contributed by atoms with Gasteiger partial charge >= 0.3 is 7.25 Å². The molecule has 0 nitrogen and oxygen atoms in total. The van der Waals surface area contributed by atoms with Crippen molar-refractivity contribution in [3.8, 4) is 33.4 Å². The maximum atomic E-state index is 9.75. The summed E-state index contributed by atoms with van der Waals surface area (Å²) in [5, 5.41) is 1.71. The van der Waals surface area contributed by atoms with Gasteiger partial charge < -0.3 is 17.3 Å². The first kappa shape index (κ1) is 52.2. The van der Waals surface area contributed by atoms with Gasteiger partial charge in [-0.3, -0.25) is 0 Å². The predicted octanol–water partition coefficient (Wildman–Crippen LogP) is 16.7. The van der Waals surface area contributed by atoms with E-state index in [9.17, 15) is 17.3 Å². The molecule has 1 aliphatic heterocycles. The normalized spacial score (nSPS) is 13.3. The van der Waals surface area contributed by atoms with Crippen LogP contribution in [0.3, 0.4) is 0 Å². The topological polar surface area (TPSA) is 0 Å². The number of benzene rings is 5. The minimum Gasteiger partial charge on any atom is -0.418 e. The summed E-state index contributed by atoms with van der Waals surface area (Å²) in [6.45, 7) is 29.8. The van der Waals surface area contributed by atoms with Crippen molar-refractivity contribution in [2.75, 3.05) is 0 Å². The molecule has 5 aromatic carbocycles. The Morgan fingerprint density at radius 3 is 1.20 bits per heavy atom. The van der Waals surface area contributed by atoms with Crippen molar-refractivity contribution in [2.24, 2.45) is 0 Å². The molecule has 60 heavy (non-hydrogen) atoms. The van der Waals surface area contributed by atoms with Crippen LogP contribution in [0.2, 0.25) is 0 Å². The Hall–Kier alpha value is -2.16. The van der Waals surface area contributed by atoms with Crippen molar-refractivity contribution >= 4 is 35.7 Å². The van der Waals surface area contributed by atoms with Gasteiger partial charge in [-0.05, 0) is 134 Å². The summed E-state index contributed by atoms with van der Waals surface area (Å²) in [5.74, 6) is 0. The molecule has 328 valence electrons. The molecule has 0 bridgehead atoms. The molecule has 0 spiro atoms. The maximum absolute atomic E-state index is 9.75. The van der Waals surface area contributed by atoms with Crippen molar-refractivity contribution in [3.63, 3.8) is 0 Å². The molecule has 0 amide bonds. The van der Waals surface area contributed by atoms with Crippen LogP contribution in [0.4, 0.5) is 17.3 Å². The average molecular weight is 969 g/mol. The van der Waals surface area contributed by atoms with E-state index in [1.54, 1.807) is 16.4 Å². The third-order valence-electron chi connectivity index (χ3n) is 12.2. The molecule has 0 unspecified atom stereocenters. The average Bonchev–Trinajstić information content (AvgIpc) is 3.18. The van der Waals surface area contributed by atoms with E-state index in [2.05, 4.69) is 168 Å². The van der Waals surface area contributed by atoms with Crippen molar-refractivity contribution < 1.29 is 37.7 Å². The summed E-state index contributed by atoms with van der Waals surface area (Å²) in [4.78, 5) is 0. The molecule has 0 aliphatic carbocycles. The zero-order valence-corrected chi connectivity index (χ0v) is 42.4. The van der Waals surface area contributed by atoms with E-state index < -0.39 is 30.4 Å². The second-order valence-electron chi connectivity index (χ2n) is 17.9. The number of halogens is 4. The van der Waals surface area contributed by atoms with Crippen LogP contribution in [-0.4, -0.2) is 41.2 Å². The first-order chi connectivity index (χ1) is 27.8. The minimum absolute atomic E-state index is 0. The first-order valence-corrected chi connectivity index (χ1v) is 27.5. The predicted molar refractivity (Wildman–Crippen MR) is 264 cm³/mol. The molecule has 0 fully saturated rings. The van der Waals surface area contributed by atoms with Gasteiger partial charge in [0.2, 0.25) is 0 Å². The standard InChI is InChI=1S/C45H62P3.C6H6.BF4.Pd/c1-30(2)46(31(3)4)27-36-19-13-16-22-40(36)39-25-43(41-23-17-14-20-37(41)28-47(32(5)6)33(7)8)45-44(26-39)42-24-18-15-21-38(42)29-48(45,34(9)10)35(11)12;1-2-4-6-5-3-1;2-1(3,4)5;/h13-26,30-35H,27-29H2,1-12H3;1-6H;;/q+1;;-1;/p+2. The Labute approximate surface area is 378 Å². The number of hydrogen-bond acceptors (Lipinski definition) is 0. The van der Waals surface area contributed by atoms with E-state index in [0.29, 0.717) is 11.3 Å². The van der Waals surface area contributed by atoms with Crippen LogP contribution in [-0.2, 0) is 38.9 Å². The van der Waals surface area contributed by atoms with Crippen molar-refractivity contribution in [1.29, 1.82) is 0 Å². The Morgan fingerprint density at radius 2 is 0.800 bits per heavy atom. The Morgan fingerprint density at radius 1 is 0.467 bits per heavy atom. The molecule has 0 saturated carbocycles. The number of rotatable bonds is 12. The smallest absolute Gasteiger partial charge is 0.418 e. The number of hydrogen-bond donors (Lipinski definition) is 0. The fraction of sp³-hybridized carbons (Fsp3) is 0.412. The molecule has 0 atom stereocenters. The number of fused-ring (bicyclic) bond motifs is 3. The van der Waals surface area contributed by atoms with Gasteiger partial charge in [0, 0.05) is 47.4 Å². The molecular formula is C51H70BF4P3Pd+2. The second kappa shape index (κ2) is 23.5. The Bertz CT molecular complexity index is 2010. The van der Waals surface area contributed by atoms with Crippen LogP contribution in [0.25, 0.3) is 33.4 Å². The summed E-state index contributed by atoms with van der Waals surface area (Å²) in [5.41, 5.74) is 17.7. The molecule has 9 heteroatoms. The molecule has 0 N–H and O–H groups in total. The molecular weight excluding hydrogens is 899 g/mol. The summed E-state index contributed by atoms with van der Waals surface area (Å²) in [6, 6.07) is 45.7. The summed E-state index contributed by atoms with van der Waals surface area (Å²) in [7, 11) is -8.74. The summed E-state index contributed by atoms with van der Waals surface area (Å²) < 4.78 is 39.0. The van der Waals surface area contributed by atoms with E-state index in [1.807, 2.05) is 36.4 Å². The third-order valence-corrected chi connectivity index (χ3v) is 25.5. The van der Waals surface area contributed by atoms with Gasteiger partial charge in [-0.15, -0.1) is 0 Å². The molecule has 5 aromatic rings. The van der Waals surface area contributed by atoms with Crippen molar-refractivity contribution in [2.45, 2.75) is 136 Å². The van der Waals surface area contributed by atoms with Crippen LogP contribution >= 0.6 is 23.1 Å². The first-order valence-electron chi connectivity index (χ1n) is 21.7. The maximum Gasteiger partial charge on any atom is 0.673 e. The zero-order chi connectivity index (χ0) is 43.7. The molecule has 1 heterocycles. The van der Waals surface area contributed by atoms with Gasteiger partial charge in [0.15, 0.2) is 0 Å². The third kappa shape index (κ3) is 13.4. The fourth-order valence-corrected chi connectivity index (χ4v) is 20.3. The largest absolute Gasteiger partial charge is 0.673 e. The van der Waals surface area contributed by atoms with Gasteiger partial charge in [0.1, 0.15) is 5.30 Å². The van der Waals surface area contributed by atoms with Gasteiger partial charge in [0.05, 0.1) is 59.7 Å². The van der Waals surface area contributed by atoms with E-state index in [-0.39, 0.29) is 20.4 Å². The molecule has 1 aliphatic rings. The van der Waals surface area contributed by atoms with Crippen LogP contribution in [0.15, 0.2) is 121 Å². The van der Waals surface area contributed by atoms with E-state index >= 15 is 0 Å². The SMILES string of the molecule is CC(C)[PH+](Cc1ccccc1-c1cc(-c2ccccc2C[PH+](C(C)C)C(C)C)c2c(c1)-c1ccccc1C[P+]2(C(C)C)C(C)C)C(C)C.F[B-](F)(F)F.[Pd].c1ccccc1. The summed E-state index contributed by atoms with van der Waals surface area (Å²) >= 11 is 0. The van der Waals surface area contributed by atoms with Crippen molar-refractivity contribution in [1.82, 2.24) is 0 Å². The monoisotopic (exact) mass is 968 g/mol. The van der Waals surface area contributed by atoms with E-state index in [4.69, 9.17) is 0 Å². The second-order valence-corrected chi connectivity index (χ2v) is 30.3. The van der Waals surface area contributed by atoms with E-state index in [0.717, 1.165) is 22.6 Å². The van der Waals surface area contributed by atoms with Crippen LogP contribution in [0.1, 0.15) is 99.8 Å². The molecule has 0 saturated heterocycles. The fourth-order valence-electron chi connectivity index (χ4n) is 9.28. The van der Waals surface area contributed by atoms with Crippen LogP contribution in [0.5, 0.6) is 0 Å². The van der Waals surface area contributed by atoms with Crippen LogP contribution < -0.4 is 5.30 Å². The van der Waals surface area contributed by atoms with Gasteiger partial charge in [-0.1, -0.05) is 109 Å². The van der Waals surface area contributed by atoms with Crippen molar-refractivity contribution in [3.05, 3.63) is 138 Å². The van der Waals surface area contributed by atoms with Gasteiger partial charge in [0.25, 0.3) is 0 Å². The Kier molecular flexibility index (Phi) is 20.4. The Balaban J connectivity index is 0.000000700.